The lowest BCUT2D eigenvalue weighted by molar-refractivity contribution is -0.121. The molecule has 1 heterocycles. The van der Waals surface area contributed by atoms with Crippen LogP contribution in [0.15, 0.2) is 22.7 Å². The Hall–Kier alpha value is -0.285. The van der Waals surface area contributed by atoms with Gasteiger partial charge in [0.2, 0.25) is 5.91 Å². The molecule has 0 saturated carbocycles. The summed E-state index contributed by atoms with van der Waals surface area (Å²) >= 11 is 6.89. The first-order valence-corrected chi connectivity index (χ1v) is 7.43. The summed E-state index contributed by atoms with van der Waals surface area (Å²) < 4.78 is 0.990. The Labute approximate surface area is 119 Å². The van der Waals surface area contributed by atoms with E-state index in [0.717, 1.165) is 27.5 Å². The predicted octanol–water partition coefficient (Wildman–Crippen LogP) is 3.40. The lowest BCUT2D eigenvalue weighted by atomic mass is 9.73. The van der Waals surface area contributed by atoms with Gasteiger partial charge in [-0.2, -0.15) is 0 Å². The van der Waals surface area contributed by atoms with E-state index < -0.39 is 5.41 Å². The van der Waals surface area contributed by atoms with Crippen molar-refractivity contribution in [3.63, 3.8) is 0 Å². The van der Waals surface area contributed by atoms with Crippen LogP contribution in [0.3, 0.4) is 0 Å². The Morgan fingerprint density at radius 1 is 1.35 bits per heavy atom. The van der Waals surface area contributed by atoms with Gasteiger partial charge in [-0.1, -0.05) is 38.2 Å². The molecule has 1 aromatic carbocycles. The van der Waals surface area contributed by atoms with Gasteiger partial charge in [0.15, 0.2) is 0 Å². The van der Waals surface area contributed by atoms with Crippen molar-refractivity contribution in [1.29, 1.82) is 0 Å². The first-order valence-electron chi connectivity index (χ1n) is 5.51. The first-order chi connectivity index (χ1) is 8.14. The normalized spacial score (nSPS) is 22.4. The average molecular weight is 357 g/mol. The molecule has 0 saturated heterocycles. The van der Waals surface area contributed by atoms with Gasteiger partial charge in [0.1, 0.15) is 0 Å². The van der Waals surface area contributed by atoms with E-state index in [1.54, 1.807) is 0 Å². The Morgan fingerprint density at radius 2 is 2.12 bits per heavy atom. The van der Waals surface area contributed by atoms with E-state index in [2.05, 4.69) is 37.2 Å². The van der Waals surface area contributed by atoms with Crippen LogP contribution in [0.4, 0.5) is 5.69 Å². The molecule has 1 atom stereocenters. The van der Waals surface area contributed by atoms with Crippen LogP contribution in [0.2, 0.25) is 6.32 Å². The number of benzene rings is 1. The summed E-state index contributed by atoms with van der Waals surface area (Å²) in [5.41, 5.74) is 1.49. The number of anilines is 1. The standard InChI is InChI=1S/C12H12BBr2NO/c13-5-3-12(4-6-14)9-7-8(15)1-2-10(9)16-11(12)17/h1-2,7H,3-6H2,(H,16,17). The molecule has 88 valence electrons. The molecule has 1 aliphatic heterocycles. The molecule has 2 radical (unpaired) electrons. The van der Waals surface area contributed by atoms with E-state index in [-0.39, 0.29) is 5.91 Å². The molecule has 2 nitrogen and oxygen atoms in total. The van der Waals surface area contributed by atoms with Crippen molar-refractivity contribution in [3.8, 4) is 0 Å². The number of hydrogen-bond acceptors (Lipinski definition) is 1. The third-order valence-corrected chi connectivity index (χ3v) is 4.16. The minimum absolute atomic E-state index is 0.0653. The highest BCUT2D eigenvalue weighted by atomic mass is 79.9. The smallest absolute Gasteiger partial charge is 0.235 e. The van der Waals surface area contributed by atoms with Gasteiger partial charge >= 0.3 is 0 Å². The van der Waals surface area contributed by atoms with Gasteiger partial charge in [-0.05, 0) is 36.6 Å². The first kappa shape index (κ1) is 13.2. The summed E-state index contributed by atoms with van der Waals surface area (Å²) in [6, 6.07) is 5.89. The average Bonchev–Trinajstić information content (AvgIpc) is 2.54. The van der Waals surface area contributed by atoms with Crippen LogP contribution in [0.5, 0.6) is 0 Å². The number of rotatable bonds is 4. The fraction of sp³-hybridized carbons (Fsp3) is 0.417. The summed E-state index contributed by atoms with van der Waals surface area (Å²) in [7, 11) is 5.67. The molecule has 5 heteroatoms. The number of fused-ring (bicyclic) bond motifs is 1. The van der Waals surface area contributed by atoms with Crippen molar-refractivity contribution in [2.75, 3.05) is 10.6 Å². The summed E-state index contributed by atoms with van der Waals surface area (Å²) in [6.07, 6.45) is 1.94. The zero-order valence-corrected chi connectivity index (χ0v) is 12.5. The topological polar surface area (TPSA) is 29.1 Å². The molecule has 1 aliphatic rings. The molecule has 1 amide bonds. The van der Waals surface area contributed by atoms with Crippen LogP contribution in [0.25, 0.3) is 0 Å². The lowest BCUT2D eigenvalue weighted by Crippen LogP contribution is -2.34. The number of hydrogen-bond donors (Lipinski definition) is 1. The molecule has 1 aromatic rings. The molecule has 0 spiro atoms. The van der Waals surface area contributed by atoms with Gasteiger partial charge in [0.05, 0.1) is 13.3 Å². The highest BCUT2D eigenvalue weighted by Gasteiger charge is 2.45. The molecule has 0 fully saturated rings. The quantitative estimate of drug-likeness (QED) is 0.650. The third-order valence-electron chi connectivity index (χ3n) is 3.27. The Kier molecular flexibility index (Phi) is 3.98. The molecule has 1 unspecified atom stereocenters. The van der Waals surface area contributed by atoms with Crippen molar-refractivity contribution < 1.29 is 4.79 Å². The van der Waals surface area contributed by atoms with Crippen LogP contribution in [-0.4, -0.2) is 19.1 Å². The fourth-order valence-corrected chi connectivity index (χ4v) is 3.45. The molecule has 0 bridgehead atoms. The predicted molar refractivity (Wildman–Crippen MR) is 78.0 cm³/mol. The van der Waals surface area contributed by atoms with E-state index in [1.165, 1.54) is 0 Å². The SMILES string of the molecule is [B]CCC1(CCBr)C(=O)Nc2ccc(Br)cc21. The second-order valence-corrected chi connectivity index (χ2v) is 5.91. The van der Waals surface area contributed by atoms with Gasteiger partial charge in [0.25, 0.3) is 0 Å². The van der Waals surface area contributed by atoms with Gasteiger partial charge in [-0.25, -0.2) is 0 Å². The van der Waals surface area contributed by atoms with Crippen LogP contribution >= 0.6 is 31.9 Å². The maximum atomic E-state index is 12.2. The number of halogens is 2. The van der Waals surface area contributed by atoms with Gasteiger partial charge < -0.3 is 5.32 Å². The molecular formula is C12H12BBr2NO. The Bertz CT molecular complexity index is 444. The summed E-state index contributed by atoms with van der Waals surface area (Å²) in [4.78, 5) is 12.2. The van der Waals surface area contributed by atoms with Crippen molar-refractivity contribution in [1.82, 2.24) is 0 Å². The van der Waals surface area contributed by atoms with Gasteiger partial charge in [0, 0.05) is 15.5 Å². The minimum Gasteiger partial charge on any atom is -0.325 e. The monoisotopic (exact) mass is 355 g/mol. The summed E-state index contributed by atoms with van der Waals surface area (Å²) in [6.45, 7) is 0. The van der Waals surface area contributed by atoms with Crippen molar-refractivity contribution in [2.24, 2.45) is 0 Å². The Morgan fingerprint density at radius 3 is 2.76 bits per heavy atom. The Balaban J connectivity index is 2.52. The van der Waals surface area contributed by atoms with E-state index in [9.17, 15) is 4.79 Å². The largest absolute Gasteiger partial charge is 0.325 e. The lowest BCUT2D eigenvalue weighted by Gasteiger charge is -2.26. The summed E-state index contributed by atoms with van der Waals surface area (Å²) in [5.74, 6) is 0.0653. The molecular weight excluding hydrogens is 345 g/mol. The second-order valence-electron chi connectivity index (χ2n) is 4.20. The fourth-order valence-electron chi connectivity index (χ4n) is 2.41. The van der Waals surface area contributed by atoms with E-state index in [0.29, 0.717) is 12.7 Å². The molecule has 0 aliphatic carbocycles. The highest BCUT2D eigenvalue weighted by Crippen LogP contribution is 2.44. The van der Waals surface area contributed by atoms with E-state index in [1.807, 2.05) is 18.2 Å². The van der Waals surface area contributed by atoms with Gasteiger partial charge in [-0.3, -0.25) is 4.79 Å². The van der Waals surface area contributed by atoms with E-state index >= 15 is 0 Å². The van der Waals surface area contributed by atoms with Gasteiger partial charge in [-0.15, -0.1) is 0 Å². The van der Waals surface area contributed by atoms with Crippen molar-refractivity contribution >= 4 is 51.3 Å². The number of nitrogens with one attached hydrogen (secondary N) is 1. The van der Waals surface area contributed by atoms with Crippen molar-refractivity contribution in [2.45, 2.75) is 24.6 Å². The number of carbonyl (C=O) groups excluding carboxylic acids is 1. The number of carbonyl (C=O) groups is 1. The minimum atomic E-state index is -0.475. The van der Waals surface area contributed by atoms with Crippen molar-refractivity contribution in [3.05, 3.63) is 28.2 Å². The molecule has 2 rings (SSSR count). The van der Waals surface area contributed by atoms with E-state index in [4.69, 9.17) is 7.85 Å². The van der Waals surface area contributed by atoms with Crippen LogP contribution in [0.1, 0.15) is 18.4 Å². The maximum Gasteiger partial charge on any atom is 0.235 e. The second kappa shape index (κ2) is 5.15. The zero-order chi connectivity index (χ0) is 12.5. The van der Waals surface area contributed by atoms with Crippen LogP contribution in [0, 0.1) is 0 Å². The van der Waals surface area contributed by atoms with Crippen LogP contribution in [-0.2, 0) is 10.2 Å². The molecule has 17 heavy (non-hydrogen) atoms. The molecule has 1 N–H and O–H groups in total. The molecule has 0 aromatic heterocycles. The number of alkyl halides is 1. The number of amides is 1. The van der Waals surface area contributed by atoms with Crippen LogP contribution < -0.4 is 5.32 Å². The zero-order valence-electron chi connectivity index (χ0n) is 9.30. The maximum absolute atomic E-state index is 12.2. The summed E-state index contributed by atoms with van der Waals surface area (Å²) in [5, 5.41) is 3.73. The highest BCUT2D eigenvalue weighted by molar-refractivity contribution is 9.10. The third kappa shape index (κ3) is 2.19.